The number of amides is 1. The maximum atomic E-state index is 13.2. The Morgan fingerprint density at radius 3 is 2.46 bits per heavy atom. The third kappa shape index (κ3) is 4.21. The van der Waals surface area contributed by atoms with Gasteiger partial charge in [0.25, 0.3) is 0 Å². The van der Waals surface area contributed by atoms with Crippen molar-refractivity contribution in [1.82, 2.24) is 15.8 Å². The largest absolute Gasteiger partial charge is 0.497 e. The van der Waals surface area contributed by atoms with E-state index in [0.717, 1.165) is 38.1 Å². The van der Waals surface area contributed by atoms with Gasteiger partial charge >= 0.3 is 0 Å². The zero-order valence-electron chi connectivity index (χ0n) is 16.4. The fraction of sp³-hybridized carbons (Fsp3) is 0.435. The number of carbonyl (C=O) groups is 1. The predicted octanol–water partition coefficient (Wildman–Crippen LogP) is 2.94. The Labute approximate surface area is 167 Å². The van der Waals surface area contributed by atoms with Gasteiger partial charge in [-0.05, 0) is 48.4 Å². The van der Waals surface area contributed by atoms with Gasteiger partial charge in [-0.3, -0.25) is 10.2 Å². The highest BCUT2D eigenvalue weighted by atomic mass is 16.5. The summed E-state index contributed by atoms with van der Waals surface area (Å²) in [4.78, 5) is 15.2. The van der Waals surface area contributed by atoms with Gasteiger partial charge < -0.3 is 9.64 Å². The summed E-state index contributed by atoms with van der Waals surface area (Å²) in [6.07, 6.45) is 3.22. The molecule has 2 unspecified atom stereocenters. The van der Waals surface area contributed by atoms with E-state index in [1.807, 2.05) is 30.3 Å². The van der Waals surface area contributed by atoms with Crippen molar-refractivity contribution in [2.45, 2.75) is 25.3 Å². The second kappa shape index (κ2) is 8.76. The molecule has 5 heteroatoms. The first kappa shape index (κ1) is 19.0. The molecule has 0 aliphatic carbocycles. The smallest absolute Gasteiger partial charge is 0.229 e. The maximum Gasteiger partial charge on any atom is 0.229 e. The summed E-state index contributed by atoms with van der Waals surface area (Å²) in [5.41, 5.74) is 8.98. The van der Waals surface area contributed by atoms with Gasteiger partial charge in [0.1, 0.15) is 5.75 Å². The van der Waals surface area contributed by atoms with Crippen LogP contribution in [-0.4, -0.2) is 37.6 Å². The van der Waals surface area contributed by atoms with Gasteiger partial charge in [0.2, 0.25) is 5.91 Å². The lowest BCUT2D eigenvalue weighted by Crippen LogP contribution is -2.44. The SMILES string of the molecule is COc1ccc(CC2CCN(C(=O)C3CNNC3c3ccccc3)CC2)cc1. The summed E-state index contributed by atoms with van der Waals surface area (Å²) < 4.78 is 5.23. The summed E-state index contributed by atoms with van der Waals surface area (Å²) in [5.74, 6) is 1.77. The summed E-state index contributed by atoms with van der Waals surface area (Å²) in [7, 11) is 1.69. The van der Waals surface area contributed by atoms with E-state index in [0.29, 0.717) is 12.5 Å². The Morgan fingerprint density at radius 1 is 1.07 bits per heavy atom. The van der Waals surface area contributed by atoms with E-state index < -0.39 is 0 Å². The number of hydrogen-bond acceptors (Lipinski definition) is 4. The normalized spacial score (nSPS) is 23.0. The van der Waals surface area contributed by atoms with Crippen molar-refractivity contribution in [1.29, 1.82) is 0 Å². The molecule has 0 bridgehead atoms. The summed E-state index contributed by atoms with van der Waals surface area (Å²) in [5, 5.41) is 0. The maximum absolute atomic E-state index is 13.2. The molecule has 28 heavy (non-hydrogen) atoms. The van der Waals surface area contributed by atoms with Crippen molar-refractivity contribution in [2.24, 2.45) is 11.8 Å². The van der Waals surface area contributed by atoms with E-state index in [9.17, 15) is 4.79 Å². The molecule has 2 atom stereocenters. The van der Waals surface area contributed by atoms with Crippen LogP contribution in [0, 0.1) is 11.8 Å². The molecule has 1 amide bonds. The Kier molecular flexibility index (Phi) is 5.93. The Balaban J connectivity index is 1.32. The topological polar surface area (TPSA) is 53.6 Å². The van der Waals surface area contributed by atoms with Gasteiger partial charge in [0, 0.05) is 19.6 Å². The third-order valence-electron chi connectivity index (χ3n) is 6.07. The van der Waals surface area contributed by atoms with Gasteiger partial charge in [0.05, 0.1) is 19.1 Å². The van der Waals surface area contributed by atoms with E-state index in [-0.39, 0.29) is 17.9 Å². The minimum Gasteiger partial charge on any atom is -0.497 e. The van der Waals surface area contributed by atoms with Crippen molar-refractivity contribution in [3.8, 4) is 5.75 Å². The lowest BCUT2D eigenvalue weighted by atomic mass is 9.88. The van der Waals surface area contributed by atoms with Crippen LogP contribution in [0.25, 0.3) is 0 Å². The average molecular weight is 380 g/mol. The minimum atomic E-state index is -0.0412. The quantitative estimate of drug-likeness (QED) is 0.839. The highest BCUT2D eigenvalue weighted by Gasteiger charge is 2.37. The zero-order chi connectivity index (χ0) is 19.3. The van der Waals surface area contributed by atoms with Crippen molar-refractivity contribution in [3.05, 3.63) is 65.7 Å². The molecule has 2 fully saturated rings. The summed E-state index contributed by atoms with van der Waals surface area (Å²) in [6, 6.07) is 18.6. The molecule has 5 nitrogen and oxygen atoms in total. The molecule has 4 rings (SSSR count). The van der Waals surface area contributed by atoms with E-state index in [1.165, 1.54) is 11.1 Å². The van der Waals surface area contributed by atoms with Gasteiger partial charge in [0.15, 0.2) is 0 Å². The number of nitrogens with one attached hydrogen (secondary N) is 2. The van der Waals surface area contributed by atoms with Crippen LogP contribution >= 0.6 is 0 Å². The first-order valence-corrected chi connectivity index (χ1v) is 10.2. The van der Waals surface area contributed by atoms with Crippen LogP contribution in [0.4, 0.5) is 0 Å². The van der Waals surface area contributed by atoms with Gasteiger partial charge in [-0.2, -0.15) is 0 Å². The molecule has 2 N–H and O–H groups in total. The number of carbonyl (C=O) groups excluding carboxylic acids is 1. The van der Waals surface area contributed by atoms with Crippen LogP contribution in [0.5, 0.6) is 5.75 Å². The molecule has 2 aliphatic heterocycles. The first-order chi connectivity index (χ1) is 13.7. The Bertz CT molecular complexity index is 770. The molecule has 2 aliphatic rings. The molecule has 148 valence electrons. The Morgan fingerprint density at radius 2 is 1.79 bits per heavy atom. The number of hydrogen-bond donors (Lipinski definition) is 2. The highest BCUT2D eigenvalue weighted by molar-refractivity contribution is 5.80. The first-order valence-electron chi connectivity index (χ1n) is 10.2. The number of benzene rings is 2. The van der Waals surface area contributed by atoms with Gasteiger partial charge in [-0.1, -0.05) is 42.5 Å². The van der Waals surface area contributed by atoms with E-state index in [4.69, 9.17) is 4.74 Å². The van der Waals surface area contributed by atoms with Crippen molar-refractivity contribution in [2.75, 3.05) is 26.7 Å². The molecule has 2 heterocycles. The number of hydrazine groups is 1. The Hall–Kier alpha value is -2.37. The number of piperidine rings is 1. The van der Waals surface area contributed by atoms with E-state index >= 15 is 0 Å². The fourth-order valence-corrected chi connectivity index (χ4v) is 4.39. The fourth-order valence-electron chi connectivity index (χ4n) is 4.39. The number of nitrogens with zero attached hydrogens (tertiary/aromatic N) is 1. The number of ether oxygens (including phenoxy) is 1. The van der Waals surface area contributed by atoms with Crippen molar-refractivity contribution >= 4 is 5.91 Å². The summed E-state index contributed by atoms with van der Waals surface area (Å²) in [6.45, 7) is 2.40. The van der Waals surface area contributed by atoms with Gasteiger partial charge in [-0.25, -0.2) is 5.43 Å². The zero-order valence-corrected chi connectivity index (χ0v) is 16.4. The van der Waals surface area contributed by atoms with Crippen LogP contribution < -0.4 is 15.6 Å². The minimum absolute atomic E-state index is 0.0412. The molecule has 2 saturated heterocycles. The molecular weight excluding hydrogens is 350 g/mol. The molecule has 0 spiro atoms. The molecule has 0 radical (unpaired) electrons. The van der Waals surface area contributed by atoms with Crippen LogP contribution in [-0.2, 0) is 11.2 Å². The van der Waals surface area contributed by atoms with E-state index in [2.05, 4.69) is 40.0 Å². The van der Waals surface area contributed by atoms with Crippen LogP contribution in [0.15, 0.2) is 54.6 Å². The van der Waals surface area contributed by atoms with Crippen LogP contribution in [0.2, 0.25) is 0 Å². The molecule has 0 aromatic heterocycles. The molecule has 0 saturated carbocycles. The monoisotopic (exact) mass is 379 g/mol. The number of methoxy groups -OCH3 is 1. The van der Waals surface area contributed by atoms with Crippen LogP contribution in [0.1, 0.15) is 30.0 Å². The van der Waals surface area contributed by atoms with Crippen LogP contribution in [0.3, 0.4) is 0 Å². The second-order valence-electron chi connectivity index (χ2n) is 7.84. The molecular formula is C23H29N3O2. The van der Waals surface area contributed by atoms with Gasteiger partial charge in [-0.15, -0.1) is 0 Å². The van der Waals surface area contributed by atoms with Crippen molar-refractivity contribution in [3.63, 3.8) is 0 Å². The second-order valence-corrected chi connectivity index (χ2v) is 7.84. The third-order valence-corrected chi connectivity index (χ3v) is 6.07. The standard InChI is InChI=1S/C23H29N3O2/c1-28-20-9-7-17(8-10-20)15-18-11-13-26(14-12-18)23(27)21-16-24-25-22(21)19-5-3-2-4-6-19/h2-10,18,21-22,24-25H,11-16H2,1H3. The molecule has 2 aromatic carbocycles. The lowest BCUT2D eigenvalue weighted by Gasteiger charge is -2.34. The average Bonchev–Trinajstić information content (AvgIpc) is 3.25. The highest BCUT2D eigenvalue weighted by Crippen LogP contribution is 2.29. The molecule has 2 aromatic rings. The number of rotatable bonds is 5. The summed E-state index contributed by atoms with van der Waals surface area (Å²) >= 11 is 0. The van der Waals surface area contributed by atoms with Crippen molar-refractivity contribution < 1.29 is 9.53 Å². The van der Waals surface area contributed by atoms with E-state index in [1.54, 1.807) is 7.11 Å². The number of likely N-dealkylation sites (tertiary alicyclic amines) is 1. The lowest BCUT2D eigenvalue weighted by molar-refractivity contribution is -0.136. The predicted molar refractivity (Wildman–Crippen MR) is 110 cm³/mol.